The molecule has 11 heteroatoms. The number of aliphatic hydroxyl groups excluding tert-OH is 1. The van der Waals surface area contributed by atoms with Crippen LogP contribution in [0.25, 0.3) is 0 Å². The van der Waals surface area contributed by atoms with Gasteiger partial charge in [0.1, 0.15) is 5.82 Å². The summed E-state index contributed by atoms with van der Waals surface area (Å²) < 4.78 is 52.0. The molecule has 0 bridgehead atoms. The van der Waals surface area contributed by atoms with E-state index in [-0.39, 0.29) is 5.56 Å². The number of hydrogen-bond acceptors (Lipinski definition) is 5. The number of amides is 2. The van der Waals surface area contributed by atoms with E-state index in [1.807, 2.05) is 0 Å². The third kappa shape index (κ3) is 3.79. The molecule has 0 spiro atoms. The molecule has 0 saturated carbocycles. The van der Waals surface area contributed by atoms with Crippen molar-refractivity contribution in [3.05, 3.63) is 69.5 Å². The van der Waals surface area contributed by atoms with Gasteiger partial charge in [-0.2, -0.15) is 13.2 Å². The average Bonchev–Trinajstić information content (AvgIpc) is 3.16. The molecule has 1 aliphatic rings. The predicted molar refractivity (Wildman–Crippen MR) is 91.2 cm³/mol. The summed E-state index contributed by atoms with van der Waals surface area (Å²) in [4.78, 5) is 25.0. The Balaban J connectivity index is 1.85. The topological polar surface area (TPSA) is 90.5 Å². The van der Waals surface area contributed by atoms with Gasteiger partial charge in [-0.1, -0.05) is 6.07 Å². The maximum absolute atomic E-state index is 13.5. The molecule has 0 aliphatic carbocycles. The molecule has 0 radical (unpaired) electrons. The summed E-state index contributed by atoms with van der Waals surface area (Å²) in [5.74, 6) is -3.44. The summed E-state index contributed by atoms with van der Waals surface area (Å²) in [5, 5.41) is 18.4. The molecule has 1 aliphatic heterocycles. The van der Waals surface area contributed by atoms with Gasteiger partial charge < -0.3 is 21.1 Å². The summed E-state index contributed by atoms with van der Waals surface area (Å²) in [5.41, 5.74) is -3.05. The number of aliphatic hydroxyl groups is 1. The van der Waals surface area contributed by atoms with E-state index < -0.39 is 47.3 Å². The van der Waals surface area contributed by atoms with Crippen LogP contribution in [-0.4, -0.2) is 16.9 Å². The maximum atomic E-state index is 13.5. The van der Waals surface area contributed by atoms with E-state index in [2.05, 4.69) is 16.0 Å². The molecule has 1 unspecified atom stereocenters. The van der Waals surface area contributed by atoms with Crippen LogP contribution in [-0.2, 0) is 28.0 Å². The number of carbonyl (C=O) groups excluding carboxylic acids is 2. The summed E-state index contributed by atoms with van der Waals surface area (Å²) in [6.07, 6.45) is -3.79. The number of halogens is 4. The zero-order valence-electron chi connectivity index (χ0n) is 13.9. The van der Waals surface area contributed by atoms with Gasteiger partial charge in [0.25, 0.3) is 11.8 Å². The lowest BCUT2D eigenvalue weighted by Gasteiger charge is -2.35. The van der Waals surface area contributed by atoms with Crippen molar-refractivity contribution < 1.29 is 32.3 Å². The Morgan fingerprint density at radius 1 is 1.29 bits per heavy atom. The minimum absolute atomic E-state index is 0.109. The third-order valence-electron chi connectivity index (χ3n) is 3.93. The number of hydrogen-bond donors (Lipinski definition) is 4. The normalized spacial score (nSPS) is 19.4. The minimum Gasteiger partial charge on any atom is -0.502 e. The van der Waals surface area contributed by atoms with Crippen LogP contribution in [0, 0.1) is 5.82 Å². The molecule has 2 aromatic rings. The Morgan fingerprint density at radius 2 is 2.04 bits per heavy atom. The van der Waals surface area contributed by atoms with Gasteiger partial charge in [-0.3, -0.25) is 9.59 Å². The maximum Gasteiger partial charge on any atom is 0.416 e. The molecule has 148 valence electrons. The molecule has 3 rings (SSSR count). The van der Waals surface area contributed by atoms with E-state index in [1.165, 1.54) is 0 Å². The third-order valence-corrected chi connectivity index (χ3v) is 4.92. The quantitative estimate of drug-likeness (QED) is 0.578. The molecule has 1 aromatic heterocycles. The monoisotopic (exact) mass is 415 g/mol. The van der Waals surface area contributed by atoms with Crippen LogP contribution in [0.4, 0.5) is 17.6 Å². The fourth-order valence-electron chi connectivity index (χ4n) is 2.60. The summed E-state index contributed by atoms with van der Waals surface area (Å²) in [7, 11) is 0. The number of benzene rings is 1. The Morgan fingerprint density at radius 3 is 2.64 bits per heavy atom. The minimum atomic E-state index is -4.74. The lowest BCUT2D eigenvalue weighted by molar-refractivity contribution is -0.137. The number of alkyl halides is 3. The molecular weight excluding hydrogens is 402 g/mol. The van der Waals surface area contributed by atoms with Crippen molar-refractivity contribution >= 4 is 23.2 Å². The number of carbonyl (C=O) groups is 2. The standard InChI is InChI=1S/C17H13F4N3O3S/c18-11-5-9(4-10(6-11)17(19,20)21)7-22-15(27)16(13-2-1-3-28-13)23-8-12(25)14(26)24-16/h1-6,8,23,25H,7H2,(H,22,27)(H,24,26). The summed E-state index contributed by atoms with van der Waals surface area (Å²) in [6.45, 7) is -0.417. The second kappa shape index (κ2) is 7.15. The zero-order valence-corrected chi connectivity index (χ0v) is 14.7. The Kier molecular flexibility index (Phi) is 5.02. The largest absolute Gasteiger partial charge is 0.502 e. The Labute approximate surface area is 159 Å². The van der Waals surface area contributed by atoms with Gasteiger partial charge in [-0.15, -0.1) is 11.3 Å². The van der Waals surface area contributed by atoms with Gasteiger partial charge in [-0.05, 0) is 35.2 Å². The number of nitrogens with one attached hydrogen (secondary N) is 3. The first-order valence-corrected chi connectivity index (χ1v) is 8.68. The molecule has 2 heterocycles. The van der Waals surface area contributed by atoms with Gasteiger partial charge >= 0.3 is 6.18 Å². The molecule has 1 atom stereocenters. The first kappa shape index (κ1) is 19.7. The van der Waals surface area contributed by atoms with Crippen LogP contribution < -0.4 is 16.0 Å². The first-order valence-electron chi connectivity index (χ1n) is 7.80. The van der Waals surface area contributed by atoms with Crippen LogP contribution in [0.1, 0.15) is 16.0 Å². The first-order chi connectivity index (χ1) is 13.1. The fourth-order valence-corrected chi connectivity index (χ4v) is 3.44. The van der Waals surface area contributed by atoms with Crippen LogP contribution in [0.3, 0.4) is 0 Å². The summed E-state index contributed by atoms with van der Waals surface area (Å²) >= 11 is 1.13. The average molecular weight is 415 g/mol. The van der Waals surface area contributed by atoms with Crippen LogP contribution in [0.5, 0.6) is 0 Å². The summed E-state index contributed by atoms with van der Waals surface area (Å²) in [6, 6.07) is 5.13. The predicted octanol–water partition coefficient (Wildman–Crippen LogP) is 2.49. The van der Waals surface area contributed by atoms with Crippen molar-refractivity contribution in [3.63, 3.8) is 0 Å². The molecule has 6 nitrogen and oxygen atoms in total. The molecule has 0 fully saturated rings. The SMILES string of the molecule is O=C1NC(C(=O)NCc2cc(F)cc(C(F)(F)F)c2)(c2cccs2)NC=C1O. The van der Waals surface area contributed by atoms with E-state index in [9.17, 15) is 32.3 Å². The lowest BCUT2D eigenvalue weighted by atomic mass is 10.0. The molecular formula is C17H13F4N3O3S. The second-order valence-corrected chi connectivity index (χ2v) is 6.83. The molecule has 4 N–H and O–H groups in total. The van der Waals surface area contributed by atoms with Gasteiger partial charge in [0, 0.05) is 12.7 Å². The smallest absolute Gasteiger partial charge is 0.416 e. The number of rotatable bonds is 4. The van der Waals surface area contributed by atoms with Crippen LogP contribution in [0.15, 0.2) is 47.7 Å². The highest BCUT2D eigenvalue weighted by Gasteiger charge is 2.45. The van der Waals surface area contributed by atoms with Crippen molar-refractivity contribution in [2.24, 2.45) is 0 Å². The molecule has 28 heavy (non-hydrogen) atoms. The highest BCUT2D eigenvalue weighted by Crippen LogP contribution is 2.31. The van der Waals surface area contributed by atoms with Gasteiger partial charge in [0.05, 0.1) is 10.4 Å². The molecule has 1 aromatic carbocycles. The highest BCUT2D eigenvalue weighted by atomic mass is 32.1. The van der Waals surface area contributed by atoms with Crippen molar-refractivity contribution in [1.82, 2.24) is 16.0 Å². The zero-order chi connectivity index (χ0) is 20.5. The van der Waals surface area contributed by atoms with Crippen LogP contribution in [0.2, 0.25) is 0 Å². The van der Waals surface area contributed by atoms with E-state index >= 15 is 0 Å². The Hall–Kier alpha value is -3.08. The van der Waals surface area contributed by atoms with Gasteiger partial charge in [0.15, 0.2) is 5.76 Å². The van der Waals surface area contributed by atoms with E-state index in [0.717, 1.165) is 29.7 Å². The van der Waals surface area contributed by atoms with Crippen molar-refractivity contribution in [1.29, 1.82) is 0 Å². The van der Waals surface area contributed by atoms with Gasteiger partial charge in [0.2, 0.25) is 5.66 Å². The highest BCUT2D eigenvalue weighted by molar-refractivity contribution is 7.10. The van der Waals surface area contributed by atoms with Gasteiger partial charge in [-0.25, -0.2) is 4.39 Å². The van der Waals surface area contributed by atoms with Crippen LogP contribution >= 0.6 is 11.3 Å². The number of thiophene rings is 1. The van der Waals surface area contributed by atoms with Crippen molar-refractivity contribution in [2.45, 2.75) is 18.4 Å². The second-order valence-electron chi connectivity index (χ2n) is 5.88. The Bertz CT molecular complexity index is 944. The van der Waals surface area contributed by atoms with E-state index in [0.29, 0.717) is 10.9 Å². The fraction of sp³-hybridized carbons (Fsp3) is 0.176. The van der Waals surface area contributed by atoms with E-state index in [4.69, 9.17) is 0 Å². The van der Waals surface area contributed by atoms with E-state index in [1.54, 1.807) is 17.5 Å². The van der Waals surface area contributed by atoms with Crippen molar-refractivity contribution in [2.75, 3.05) is 0 Å². The van der Waals surface area contributed by atoms with Crippen molar-refractivity contribution in [3.8, 4) is 0 Å². The lowest BCUT2D eigenvalue weighted by Crippen LogP contribution is -2.65. The molecule has 2 amide bonds. The molecule has 0 saturated heterocycles.